The minimum Gasteiger partial charge on any atom is -0.313 e. The molecule has 1 aromatic carbocycles. The van der Waals surface area contributed by atoms with Crippen LogP contribution in [0.5, 0.6) is 0 Å². The number of non-ortho nitro benzene ring substituents is 1. The Kier molecular flexibility index (Phi) is 4.39. The SMILES string of the molecule is O=[N+]([O-])c1ccc2nc([S@](=O)C[C@H]3CCCCN3)cnc2c1. The molecule has 0 saturated carbocycles. The van der Waals surface area contributed by atoms with Crippen molar-refractivity contribution in [2.24, 2.45) is 0 Å². The Morgan fingerprint density at radius 3 is 2.95 bits per heavy atom. The summed E-state index contributed by atoms with van der Waals surface area (Å²) < 4.78 is 12.4. The minimum atomic E-state index is -1.22. The van der Waals surface area contributed by atoms with Crippen LogP contribution in [0.1, 0.15) is 19.3 Å². The number of nitro groups is 1. The van der Waals surface area contributed by atoms with Crippen molar-refractivity contribution in [1.29, 1.82) is 0 Å². The van der Waals surface area contributed by atoms with E-state index in [0.29, 0.717) is 21.8 Å². The first kappa shape index (κ1) is 15.0. The second kappa shape index (κ2) is 6.45. The molecule has 2 heterocycles. The molecule has 3 rings (SSSR count). The van der Waals surface area contributed by atoms with Gasteiger partial charge in [-0.05, 0) is 25.5 Å². The molecule has 0 radical (unpaired) electrons. The van der Waals surface area contributed by atoms with Crippen LogP contribution in [0, 0.1) is 10.1 Å². The Morgan fingerprint density at radius 1 is 1.36 bits per heavy atom. The van der Waals surface area contributed by atoms with Crippen molar-refractivity contribution in [1.82, 2.24) is 15.3 Å². The van der Waals surface area contributed by atoms with Gasteiger partial charge >= 0.3 is 0 Å². The zero-order chi connectivity index (χ0) is 15.5. The molecule has 116 valence electrons. The quantitative estimate of drug-likeness (QED) is 0.681. The third-order valence-electron chi connectivity index (χ3n) is 3.71. The van der Waals surface area contributed by atoms with Gasteiger partial charge in [0.15, 0.2) is 0 Å². The van der Waals surface area contributed by atoms with Gasteiger partial charge in [-0.15, -0.1) is 0 Å². The van der Waals surface area contributed by atoms with Gasteiger partial charge in [0.2, 0.25) is 0 Å². The van der Waals surface area contributed by atoms with E-state index in [4.69, 9.17) is 0 Å². The maximum absolute atomic E-state index is 12.4. The van der Waals surface area contributed by atoms with Gasteiger partial charge in [0.05, 0.1) is 33.0 Å². The number of hydrogen-bond donors (Lipinski definition) is 1. The van der Waals surface area contributed by atoms with E-state index in [1.165, 1.54) is 18.3 Å². The average molecular weight is 320 g/mol. The van der Waals surface area contributed by atoms with Gasteiger partial charge in [-0.3, -0.25) is 19.3 Å². The van der Waals surface area contributed by atoms with Crippen molar-refractivity contribution < 1.29 is 9.13 Å². The highest BCUT2D eigenvalue weighted by Gasteiger charge is 2.18. The lowest BCUT2D eigenvalue weighted by molar-refractivity contribution is -0.384. The number of benzene rings is 1. The van der Waals surface area contributed by atoms with Gasteiger partial charge in [-0.2, -0.15) is 0 Å². The van der Waals surface area contributed by atoms with E-state index < -0.39 is 15.7 Å². The molecular formula is C14H16N4O3S. The van der Waals surface area contributed by atoms with Crippen molar-refractivity contribution in [3.05, 3.63) is 34.5 Å². The predicted octanol–water partition coefficient (Wildman–Crippen LogP) is 1.79. The summed E-state index contributed by atoms with van der Waals surface area (Å²) in [6.07, 6.45) is 4.80. The van der Waals surface area contributed by atoms with Gasteiger partial charge in [-0.1, -0.05) is 6.42 Å². The van der Waals surface area contributed by atoms with E-state index >= 15 is 0 Å². The van der Waals surface area contributed by atoms with Crippen LogP contribution in [-0.2, 0) is 10.8 Å². The first-order chi connectivity index (χ1) is 10.6. The van der Waals surface area contributed by atoms with Gasteiger partial charge < -0.3 is 5.32 Å². The first-order valence-corrected chi connectivity index (χ1v) is 8.48. The number of nitrogens with one attached hydrogen (secondary N) is 1. The fraction of sp³-hybridized carbons (Fsp3) is 0.429. The third-order valence-corrected chi connectivity index (χ3v) is 5.08. The van der Waals surface area contributed by atoms with Crippen molar-refractivity contribution in [3.63, 3.8) is 0 Å². The van der Waals surface area contributed by atoms with E-state index in [0.717, 1.165) is 25.8 Å². The van der Waals surface area contributed by atoms with Crippen LogP contribution in [0.2, 0.25) is 0 Å². The highest BCUT2D eigenvalue weighted by atomic mass is 32.2. The molecule has 8 heteroatoms. The van der Waals surface area contributed by atoms with Crippen molar-refractivity contribution in [2.75, 3.05) is 12.3 Å². The number of aromatic nitrogens is 2. The standard InChI is InChI=1S/C14H16N4O3S/c19-18(20)11-4-5-12-13(7-11)16-8-14(17-12)22(21)9-10-3-1-2-6-15-10/h4-5,7-8,10,15H,1-3,6,9H2/t10-,22-/m1/s1. The maximum Gasteiger partial charge on any atom is 0.271 e. The van der Waals surface area contributed by atoms with Crippen molar-refractivity contribution in [3.8, 4) is 0 Å². The lowest BCUT2D eigenvalue weighted by Gasteiger charge is -2.22. The monoisotopic (exact) mass is 320 g/mol. The smallest absolute Gasteiger partial charge is 0.271 e. The molecule has 0 amide bonds. The molecule has 1 N–H and O–H groups in total. The van der Waals surface area contributed by atoms with Crippen molar-refractivity contribution in [2.45, 2.75) is 30.3 Å². The summed E-state index contributed by atoms with van der Waals surface area (Å²) in [6.45, 7) is 0.967. The number of hydrogen-bond acceptors (Lipinski definition) is 6. The second-order valence-electron chi connectivity index (χ2n) is 5.30. The molecule has 1 saturated heterocycles. The predicted molar refractivity (Wildman–Crippen MR) is 83.1 cm³/mol. The number of fused-ring (bicyclic) bond motifs is 1. The van der Waals surface area contributed by atoms with Gasteiger partial charge in [-0.25, -0.2) is 4.98 Å². The van der Waals surface area contributed by atoms with Crippen LogP contribution >= 0.6 is 0 Å². The van der Waals surface area contributed by atoms with Crippen LogP contribution in [0.3, 0.4) is 0 Å². The molecule has 1 aromatic heterocycles. The van der Waals surface area contributed by atoms with Crippen LogP contribution in [0.25, 0.3) is 11.0 Å². The zero-order valence-electron chi connectivity index (χ0n) is 11.9. The van der Waals surface area contributed by atoms with Crippen LogP contribution in [-0.4, -0.2) is 37.4 Å². The summed E-state index contributed by atoms with van der Waals surface area (Å²) in [4.78, 5) is 18.8. The van der Waals surface area contributed by atoms with Gasteiger partial charge in [0, 0.05) is 23.9 Å². The first-order valence-electron chi connectivity index (χ1n) is 7.16. The number of nitrogens with zero attached hydrogens (tertiary/aromatic N) is 3. The summed E-state index contributed by atoms with van der Waals surface area (Å²) in [5.41, 5.74) is 0.931. The molecule has 0 unspecified atom stereocenters. The number of piperidine rings is 1. The normalized spacial score (nSPS) is 19.9. The lowest BCUT2D eigenvalue weighted by atomic mass is 10.1. The van der Waals surface area contributed by atoms with E-state index in [1.807, 2.05) is 0 Å². The summed E-state index contributed by atoms with van der Waals surface area (Å²) >= 11 is 0. The fourth-order valence-corrected chi connectivity index (χ4v) is 3.73. The molecular weight excluding hydrogens is 304 g/mol. The molecule has 7 nitrogen and oxygen atoms in total. The molecule has 0 spiro atoms. The van der Waals surface area contributed by atoms with Crippen LogP contribution in [0.15, 0.2) is 29.4 Å². The zero-order valence-corrected chi connectivity index (χ0v) is 12.7. The summed E-state index contributed by atoms with van der Waals surface area (Å²) in [7, 11) is -1.22. The van der Waals surface area contributed by atoms with E-state index in [1.54, 1.807) is 6.07 Å². The molecule has 1 aliphatic heterocycles. The molecule has 2 atom stereocenters. The highest BCUT2D eigenvalue weighted by molar-refractivity contribution is 7.85. The Balaban J connectivity index is 1.80. The fourth-order valence-electron chi connectivity index (χ4n) is 2.54. The topological polar surface area (TPSA) is 98.0 Å². The highest BCUT2D eigenvalue weighted by Crippen LogP contribution is 2.19. The van der Waals surface area contributed by atoms with Gasteiger partial charge in [0.1, 0.15) is 5.03 Å². The van der Waals surface area contributed by atoms with Crippen LogP contribution in [0.4, 0.5) is 5.69 Å². The second-order valence-corrected chi connectivity index (χ2v) is 6.74. The third kappa shape index (κ3) is 3.28. The summed E-state index contributed by atoms with van der Waals surface area (Å²) in [5.74, 6) is 0.521. The van der Waals surface area contributed by atoms with Crippen molar-refractivity contribution >= 4 is 27.5 Å². The molecule has 22 heavy (non-hydrogen) atoms. The molecule has 2 aromatic rings. The largest absolute Gasteiger partial charge is 0.313 e. The van der Waals surface area contributed by atoms with Gasteiger partial charge in [0.25, 0.3) is 5.69 Å². The number of rotatable bonds is 4. The Bertz CT molecular complexity index is 731. The molecule has 1 fully saturated rings. The Hall–Kier alpha value is -1.93. The number of nitro benzene ring substituents is 1. The molecule has 0 aliphatic carbocycles. The maximum atomic E-state index is 12.4. The Labute approximate surface area is 129 Å². The molecule has 0 bridgehead atoms. The average Bonchev–Trinajstić information content (AvgIpc) is 2.54. The summed E-state index contributed by atoms with van der Waals surface area (Å²) in [5, 5.41) is 14.5. The van der Waals surface area contributed by atoms with E-state index in [9.17, 15) is 14.3 Å². The Morgan fingerprint density at radius 2 is 2.23 bits per heavy atom. The van der Waals surface area contributed by atoms with Crippen LogP contribution < -0.4 is 5.32 Å². The van der Waals surface area contributed by atoms with E-state index in [-0.39, 0.29) is 11.7 Å². The molecule has 1 aliphatic rings. The summed E-state index contributed by atoms with van der Waals surface area (Å²) in [6, 6.07) is 4.55. The lowest BCUT2D eigenvalue weighted by Crippen LogP contribution is -2.38. The van der Waals surface area contributed by atoms with E-state index in [2.05, 4.69) is 15.3 Å². The minimum absolute atomic E-state index is 0.0259.